The minimum absolute atomic E-state index is 0.149. The van der Waals surface area contributed by atoms with Crippen molar-refractivity contribution < 1.29 is 19.1 Å². The quantitative estimate of drug-likeness (QED) is 0.662. The Bertz CT molecular complexity index is 803. The van der Waals surface area contributed by atoms with Crippen molar-refractivity contribution in [2.24, 2.45) is 0 Å². The summed E-state index contributed by atoms with van der Waals surface area (Å²) in [6, 6.07) is 5.23. The van der Waals surface area contributed by atoms with Crippen LogP contribution >= 0.6 is 0 Å². The summed E-state index contributed by atoms with van der Waals surface area (Å²) in [6.07, 6.45) is 8.01. The van der Waals surface area contributed by atoms with Crippen LogP contribution in [0.15, 0.2) is 24.4 Å². The second-order valence-electron chi connectivity index (χ2n) is 6.81. The second kappa shape index (κ2) is 9.25. The van der Waals surface area contributed by atoms with Gasteiger partial charge in [0, 0.05) is 6.04 Å². The number of carbonyl (C=O) groups excluding carboxylic acids is 2. The number of H-pyrrole nitrogens is 1. The molecule has 1 aliphatic carbocycles. The summed E-state index contributed by atoms with van der Waals surface area (Å²) in [6.45, 7) is 0. The third-order valence-electron chi connectivity index (χ3n) is 4.96. The minimum Gasteiger partial charge on any atom is -0.496 e. The molecule has 1 aromatic heterocycles. The zero-order valence-electron chi connectivity index (χ0n) is 16.2. The summed E-state index contributed by atoms with van der Waals surface area (Å²) >= 11 is 0. The summed E-state index contributed by atoms with van der Waals surface area (Å²) in [5.74, 6) is 0.0421. The predicted octanol–water partition coefficient (Wildman–Crippen LogP) is 3.13. The van der Waals surface area contributed by atoms with Crippen LogP contribution in [0.25, 0.3) is 0 Å². The molecule has 0 spiro atoms. The second-order valence-corrected chi connectivity index (χ2v) is 6.81. The van der Waals surface area contributed by atoms with Gasteiger partial charge in [-0.1, -0.05) is 31.7 Å². The lowest BCUT2D eigenvalue weighted by Crippen LogP contribution is -2.35. The predicted molar refractivity (Wildman–Crippen MR) is 105 cm³/mol. The maximum Gasteiger partial charge on any atom is 0.271 e. The lowest BCUT2D eigenvalue weighted by atomic mass is 10.1. The van der Waals surface area contributed by atoms with Crippen LogP contribution in [0.1, 0.15) is 59.4 Å². The number of ether oxygens (including phenoxy) is 2. The summed E-state index contributed by atoms with van der Waals surface area (Å²) in [4.78, 5) is 25.5. The molecule has 28 heavy (non-hydrogen) atoms. The van der Waals surface area contributed by atoms with Gasteiger partial charge in [0.05, 0.1) is 26.1 Å². The lowest BCUT2D eigenvalue weighted by Gasteiger charge is -2.16. The molecule has 0 radical (unpaired) electrons. The van der Waals surface area contributed by atoms with E-state index in [-0.39, 0.29) is 23.2 Å². The number of nitrogens with one attached hydrogen (secondary N) is 3. The third kappa shape index (κ3) is 4.44. The molecule has 3 rings (SSSR count). The van der Waals surface area contributed by atoms with E-state index in [2.05, 4.69) is 20.8 Å². The molecule has 0 aliphatic heterocycles. The van der Waals surface area contributed by atoms with Crippen molar-refractivity contribution in [3.8, 4) is 11.5 Å². The number of nitrogens with zero attached hydrogens (tertiary/aromatic N) is 1. The van der Waals surface area contributed by atoms with E-state index in [1.165, 1.54) is 33.3 Å². The Hall–Kier alpha value is -3.03. The highest BCUT2D eigenvalue weighted by atomic mass is 16.5. The first-order valence-corrected chi connectivity index (χ1v) is 9.50. The number of amides is 2. The molecule has 0 atom stereocenters. The minimum atomic E-state index is -0.445. The van der Waals surface area contributed by atoms with Gasteiger partial charge in [0.2, 0.25) is 0 Å². The molecule has 8 heteroatoms. The van der Waals surface area contributed by atoms with Gasteiger partial charge in [-0.3, -0.25) is 14.7 Å². The van der Waals surface area contributed by atoms with Gasteiger partial charge in [-0.05, 0) is 25.0 Å². The Balaban J connectivity index is 1.75. The number of hydrogen-bond donors (Lipinski definition) is 3. The normalized spacial score (nSPS) is 14.8. The molecule has 1 fully saturated rings. The van der Waals surface area contributed by atoms with Crippen molar-refractivity contribution in [2.45, 2.75) is 44.6 Å². The fourth-order valence-electron chi connectivity index (χ4n) is 3.50. The van der Waals surface area contributed by atoms with E-state index in [4.69, 9.17) is 9.47 Å². The van der Waals surface area contributed by atoms with E-state index >= 15 is 0 Å². The average Bonchev–Trinajstić information content (AvgIpc) is 3.02. The molecule has 1 aliphatic rings. The van der Waals surface area contributed by atoms with E-state index < -0.39 is 5.91 Å². The number of benzene rings is 1. The number of aromatic amines is 1. The van der Waals surface area contributed by atoms with Crippen LogP contribution in [-0.4, -0.2) is 42.3 Å². The molecule has 0 unspecified atom stereocenters. The van der Waals surface area contributed by atoms with Gasteiger partial charge in [-0.25, -0.2) is 0 Å². The van der Waals surface area contributed by atoms with Crippen LogP contribution in [0.5, 0.6) is 11.5 Å². The van der Waals surface area contributed by atoms with Gasteiger partial charge in [0.1, 0.15) is 22.8 Å². The Kier molecular flexibility index (Phi) is 6.52. The first-order valence-electron chi connectivity index (χ1n) is 9.50. The Morgan fingerprint density at radius 3 is 2.29 bits per heavy atom. The molecular formula is C20H26N4O4. The molecule has 0 bridgehead atoms. The number of hydrogen-bond acceptors (Lipinski definition) is 5. The Labute approximate surface area is 164 Å². The number of methoxy groups -OCH3 is 2. The summed E-state index contributed by atoms with van der Waals surface area (Å²) in [5.41, 5.74) is 0.791. The van der Waals surface area contributed by atoms with Crippen LogP contribution in [0.3, 0.4) is 0 Å². The van der Waals surface area contributed by atoms with Gasteiger partial charge >= 0.3 is 0 Å². The zero-order chi connectivity index (χ0) is 19.9. The maximum absolute atomic E-state index is 12.8. The fraction of sp³-hybridized carbons (Fsp3) is 0.450. The number of carbonyl (C=O) groups is 2. The van der Waals surface area contributed by atoms with Gasteiger partial charge in [-0.15, -0.1) is 0 Å². The lowest BCUT2D eigenvalue weighted by molar-refractivity contribution is 0.0929. The number of rotatable bonds is 6. The largest absolute Gasteiger partial charge is 0.496 e. The smallest absolute Gasteiger partial charge is 0.271 e. The average molecular weight is 386 g/mol. The monoisotopic (exact) mass is 386 g/mol. The highest BCUT2D eigenvalue weighted by Gasteiger charge is 2.23. The van der Waals surface area contributed by atoms with E-state index in [9.17, 15) is 9.59 Å². The van der Waals surface area contributed by atoms with Crippen molar-refractivity contribution in [3.63, 3.8) is 0 Å². The van der Waals surface area contributed by atoms with Gasteiger partial charge in [0.25, 0.3) is 11.8 Å². The highest BCUT2D eigenvalue weighted by molar-refractivity contribution is 6.11. The first kappa shape index (κ1) is 19.7. The van der Waals surface area contributed by atoms with Crippen LogP contribution in [-0.2, 0) is 0 Å². The Morgan fingerprint density at radius 1 is 1.04 bits per heavy atom. The van der Waals surface area contributed by atoms with Crippen molar-refractivity contribution in [1.82, 2.24) is 15.5 Å². The van der Waals surface area contributed by atoms with E-state index in [0.717, 1.165) is 25.7 Å². The van der Waals surface area contributed by atoms with Gasteiger partial charge in [0.15, 0.2) is 0 Å². The Morgan fingerprint density at radius 2 is 1.68 bits per heavy atom. The molecular weight excluding hydrogens is 360 g/mol. The molecule has 3 N–H and O–H groups in total. The fourth-order valence-corrected chi connectivity index (χ4v) is 3.50. The molecule has 150 valence electrons. The van der Waals surface area contributed by atoms with Crippen molar-refractivity contribution >= 4 is 17.5 Å². The van der Waals surface area contributed by atoms with Gasteiger partial charge < -0.3 is 20.1 Å². The van der Waals surface area contributed by atoms with E-state index in [1.54, 1.807) is 18.2 Å². The molecule has 2 amide bonds. The summed E-state index contributed by atoms with van der Waals surface area (Å²) < 4.78 is 10.5. The van der Waals surface area contributed by atoms with Crippen molar-refractivity contribution in [1.29, 1.82) is 0 Å². The van der Waals surface area contributed by atoms with Crippen LogP contribution in [0.2, 0.25) is 0 Å². The topological polar surface area (TPSA) is 105 Å². The van der Waals surface area contributed by atoms with E-state index in [0.29, 0.717) is 17.2 Å². The highest BCUT2D eigenvalue weighted by Crippen LogP contribution is 2.29. The standard InChI is InChI=1S/C20H26N4O4/c1-27-15-10-7-11-16(28-2)17(15)19(25)23-14-12-21-24-18(14)20(26)22-13-8-5-3-4-6-9-13/h7,10-13H,3-6,8-9H2,1-2H3,(H,21,24)(H,22,26)(H,23,25). The van der Waals surface area contributed by atoms with Crippen LogP contribution < -0.4 is 20.1 Å². The van der Waals surface area contributed by atoms with Crippen LogP contribution in [0.4, 0.5) is 5.69 Å². The number of anilines is 1. The molecule has 1 aromatic carbocycles. The maximum atomic E-state index is 12.8. The van der Waals surface area contributed by atoms with Crippen molar-refractivity contribution in [2.75, 3.05) is 19.5 Å². The van der Waals surface area contributed by atoms with Crippen molar-refractivity contribution in [3.05, 3.63) is 35.7 Å². The van der Waals surface area contributed by atoms with Gasteiger partial charge in [-0.2, -0.15) is 5.10 Å². The molecule has 2 aromatic rings. The summed E-state index contributed by atoms with van der Waals surface area (Å²) in [5, 5.41) is 12.4. The molecule has 0 saturated heterocycles. The molecule has 1 heterocycles. The number of aromatic nitrogens is 2. The molecule has 8 nitrogen and oxygen atoms in total. The third-order valence-corrected chi connectivity index (χ3v) is 4.96. The van der Waals surface area contributed by atoms with E-state index in [1.807, 2.05) is 0 Å². The van der Waals surface area contributed by atoms with Crippen LogP contribution in [0, 0.1) is 0 Å². The SMILES string of the molecule is COc1cccc(OC)c1C(=O)Nc1cn[nH]c1C(=O)NC1CCCCCC1. The molecule has 1 saturated carbocycles. The first-order chi connectivity index (χ1) is 13.6. The summed E-state index contributed by atoms with van der Waals surface area (Å²) in [7, 11) is 2.96. The zero-order valence-corrected chi connectivity index (χ0v) is 16.2.